The molecule has 0 aliphatic heterocycles. The number of hydrogen-bond donors (Lipinski definition) is 0. The summed E-state index contributed by atoms with van der Waals surface area (Å²) in [5, 5.41) is 0.334. The molecule has 0 heterocycles. The molecule has 0 aliphatic carbocycles. The van der Waals surface area contributed by atoms with Crippen LogP contribution in [0, 0.1) is 11.5 Å². The van der Waals surface area contributed by atoms with E-state index in [0.29, 0.717) is 5.04 Å². The highest BCUT2D eigenvalue weighted by atomic mass is 28.3. The smallest absolute Gasteiger partial charge is 0.127 e. The molecule has 0 fully saturated rings. The average Bonchev–Trinajstić information content (AvgIpc) is 2.24. The Morgan fingerprint density at radius 2 is 1.65 bits per heavy atom. The maximum atomic E-state index is 3.47. The van der Waals surface area contributed by atoms with Crippen molar-refractivity contribution in [3.05, 3.63) is 42.0 Å². The van der Waals surface area contributed by atoms with Gasteiger partial charge in [0.2, 0.25) is 0 Å². The van der Waals surface area contributed by atoms with Crippen LogP contribution in [0.1, 0.15) is 26.3 Å². The van der Waals surface area contributed by atoms with Crippen molar-refractivity contribution in [1.29, 1.82) is 0 Å². The van der Waals surface area contributed by atoms with Crippen LogP contribution in [-0.2, 0) is 0 Å². The number of rotatable bonds is 1. The Balaban J connectivity index is 2.73. The first-order valence-electron chi connectivity index (χ1n) is 6.07. The number of hydrogen-bond acceptors (Lipinski definition) is 0. The Hall–Kier alpha value is -1.26. The minimum absolute atomic E-state index is 0.334. The van der Waals surface area contributed by atoms with Gasteiger partial charge in [0.05, 0.1) is 0 Å². The molecular weight excluding hydrogens is 220 g/mol. The molecule has 0 unspecified atom stereocenters. The highest BCUT2D eigenvalue weighted by Gasteiger charge is 2.33. The fraction of sp³-hybridized carbons (Fsp3) is 0.375. The predicted octanol–water partition coefficient (Wildman–Crippen LogP) is 4.75. The van der Waals surface area contributed by atoms with Gasteiger partial charge in [0.25, 0.3) is 0 Å². The zero-order valence-electron chi connectivity index (χ0n) is 11.5. The fourth-order valence-electron chi connectivity index (χ4n) is 1.11. The average molecular weight is 242 g/mol. The van der Waals surface area contributed by atoms with Gasteiger partial charge in [0.15, 0.2) is 0 Å². The quantitative estimate of drug-likeness (QED) is 0.492. The molecule has 1 rings (SSSR count). The zero-order valence-corrected chi connectivity index (χ0v) is 12.5. The first-order valence-corrected chi connectivity index (χ1v) is 9.07. The van der Waals surface area contributed by atoms with Crippen LogP contribution in [-0.4, -0.2) is 8.07 Å². The lowest BCUT2D eigenvalue weighted by Gasteiger charge is -2.31. The van der Waals surface area contributed by atoms with Crippen LogP contribution in [0.15, 0.2) is 36.4 Å². The third-order valence-electron chi connectivity index (χ3n) is 3.42. The fourth-order valence-corrected chi connectivity index (χ4v) is 1.93. The summed E-state index contributed by atoms with van der Waals surface area (Å²) in [7, 11) is -1.46. The van der Waals surface area contributed by atoms with Crippen molar-refractivity contribution in [2.24, 2.45) is 0 Å². The number of benzene rings is 1. The molecule has 1 heteroatoms. The van der Waals surface area contributed by atoms with Crippen molar-refractivity contribution in [1.82, 2.24) is 0 Å². The Morgan fingerprint density at radius 1 is 1.06 bits per heavy atom. The second kappa shape index (κ2) is 5.38. The molecule has 0 aromatic heterocycles. The van der Waals surface area contributed by atoms with Crippen LogP contribution in [0.25, 0.3) is 6.08 Å². The molecule has 1 aromatic rings. The molecule has 0 atom stereocenters. The van der Waals surface area contributed by atoms with Gasteiger partial charge < -0.3 is 0 Å². The van der Waals surface area contributed by atoms with Gasteiger partial charge in [0, 0.05) is 0 Å². The van der Waals surface area contributed by atoms with Gasteiger partial charge in [-0.25, -0.2) is 0 Å². The van der Waals surface area contributed by atoms with Crippen LogP contribution in [0.3, 0.4) is 0 Å². The molecule has 17 heavy (non-hydrogen) atoms. The first-order chi connectivity index (χ1) is 7.83. The summed E-state index contributed by atoms with van der Waals surface area (Å²) >= 11 is 0. The molecule has 90 valence electrons. The third kappa shape index (κ3) is 4.24. The molecule has 0 amide bonds. The lowest BCUT2D eigenvalue weighted by Crippen LogP contribution is -2.35. The Labute approximate surface area is 107 Å². The molecule has 0 saturated carbocycles. The van der Waals surface area contributed by atoms with Gasteiger partial charge in [-0.2, -0.15) is 0 Å². The maximum Gasteiger partial charge on any atom is 0.138 e. The van der Waals surface area contributed by atoms with Crippen molar-refractivity contribution in [3.8, 4) is 11.5 Å². The minimum atomic E-state index is -1.46. The normalized spacial score (nSPS) is 12.3. The van der Waals surface area contributed by atoms with E-state index in [1.54, 1.807) is 0 Å². The first kappa shape index (κ1) is 13.8. The van der Waals surface area contributed by atoms with E-state index in [9.17, 15) is 0 Å². The van der Waals surface area contributed by atoms with E-state index in [2.05, 4.69) is 63.5 Å². The Morgan fingerprint density at radius 3 is 2.18 bits per heavy atom. The Kier molecular flexibility index (Phi) is 4.37. The Bertz CT molecular complexity index is 436. The van der Waals surface area contributed by atoms with Crippen molar-refractivity contribution < 1.29 is 0 Å². The van der Waals surface area contributed by atoms with Crippen LogP contribution in [0.2, 0.25) is 18.1 Å². The van der Waals surface area contributed by atoms with E-state index in [0.717, 1.165) is 0 Å². The van der Waals surface area contributed by atoms with Crippen molar-refractivity contribution in [3.63, 3.8) is 0 Å². The van der Waals surface area contributed by atoms with Gasteiger partial charge in [-0.05, 0) is 22.8 Å². The molecule has 1 aromatic carbocycles. The second-order valence-corrected chi connectivity index (χ2v) is 10.9. The van der Waals surface area contributed by atoms with Crippen LogP contribution in [0.4, 0.5) is 0 Å². The maximum absolute atomic E-state index is 3.47. The van der Waals surface area contributed by atoms with Crippen molar-refractivity contribution in [2.45, 2.75) is 38.9 Å². The van der Waals surface area contributed by atoms with E-state index >= 15 is 0 Å². The molecule has 0 aliphatic rings. The summed E-state index contributed by atoms with van der Waals surface area (Å²) in [4.78, 5) is 0. The van der Waals surface area contributed by atoms with E-state index in [4.69, 9.17) is 0 Å². The lowest BCUT2D eigenvalue weighted by atomic mass is 10.2. The number of allylic oxidation sites excluding steroid dienone is 1. The zero-order chi connectivity index (χ0) is 12.9. The van der Waals surface area contributed by atoms with Gasteiger partial charge in [-0.3, -0.25) is 0 Å². The van der Waals surface area contributed by atoms with E-state index in [1.165, 1.54) is 5.56 Å². The molecule has 0 radical (unpaired) electrons. The van der Waals surface area contributed by atoms with Crippen molar-refractivity contribution in [2.75, 3.05) is 0 Å². The molecule has 0 N–H and O–H groups in total. The monoisotopic (exact) mass is 242 g/mol. The second-order valence-electron chi connectivity index (χ2n) is 5.89. The van der Waals surface area contributed by atoms with Crippen LogP contribution in [0.5, 0.6) is 0 Å². The van der Waals surface area contributed by atoms with Crippen LogP contribution >= 0.6 is 0 Å². The van der Waals surface area contributed by atoms with E-state index in [-0.39, 0.29) is 0 Å². The molecule has 0 bridgehead atoms. The predicted molar refractivity (Wildman–Crippen MR) is 80.4 cm³/mol. The van der Waals surface area contributed by atoms with Crippen LogP contribution < -0.4 is 0 Å². The van der Waals surface area contributed by atoms with E-state index < -0.39 is 8.07 Å². The van der Waals surface area contributed by atoms with Gasteiger partial charge in [-0.1, -0.05) is 70.1 Å². The largest absolute Gasteiger partial charge is 0.138 e. The summed E-state index contributed by atoms with van der Waals surface area (Å²) in [6.07, 6.45) is 4.04. The van der Waals surface area contributed by atoms with Crippen molar-refractivity contribution >= 4 is 14.1 Å². The standard InChI is InChI=1S/C16H22Si/c1-16(2,3)17(4,5)14-10-9-13-15-11-7-6-8-12-15/h6-9,11-13H,1-5H3/b13-9+. The summed E-state index contributed by atoms with van der Waals surface area (Å²) in [6.45, 7) is 11.5. The van der Waals surface area contributed by atoms with E-state index in [1.807, 2.05) is 24.3 Å². The molecule has 0 saturated heterocycles. The van der Waals surface area contributed by atoms with Gasteiger partial charge in [-0.15, -0.1) is 5.54 Å². The highest BCUT2D eigenvalue weighted by Crippen LogP contribution is 2.35. The lowest BCUT2D eigenvalue weighted by molar-refractivity contribution is 0.731. The van der Waals surface area contributed by atoms with Gasteiger partial charge >= 0.3 is 0 Å². The summed E-state index contributed by atoms with van der Waals surface area (Å²) in [6, 6.07) is 10.3. The summed E-state index contributed by atoms with van der Waals surface area (Å²) in [5.74, 6) is 3.21. The molecular formula is C16H22Si. The summed E-state index contributed by atoms with van der Waals surface area (Å²) in [5.41, 5.74) is 4.68. The topological polar surface area (TPSA) is 0 Å². The molecule has 0 spiro atoms. The van der Waals surface area contributed by atoms with Gasteiger partial charge in [0.1, 0.15) is 8.07 Å². The summed E-state index contributed by atoms with van der Waals surface area (Å²) < 4.78 is 0. The third-order valence-corrected chi connectivity index (χ3v) is 7.94. The minimum Gasteiger partial charge on any atom is -0.127 e. The molecule has 0 nitrogen and oxygen atoms in total. The SMILES string of the molecule is CC(C)(C)[Si](C)(C)C#C/C=C/c1ccccc1. The highest BCUT2D eigenvalue weighted by molar-refractivity contribution is 6.87.